The molecule has 2 fully saturated rings. The highest BCUT2D eigenvalue weighted by Gasteiger charge is 2.50. The maximum atomic E-state index is 13.1. The number of likely N-dealkylation sites (tertiary alicyclic amines) is 1. The van der Waals surface area contributed by atoms with Crippen LogP contribution in [-0.2, 0) is 15.0 Å². The molecule has 24 heavy (non-hydrogen) atoms. The molecule has 1 amide bonds. The van der Waals surface area contributed by atoms with Crippen molar-refractivity contribution in [3.63, 3.8) is 0 Å². The van der Waals surface area contributed by atoms with Gasteiger partial charge >= 0.3 is 5.97 Å². The number of carboxylic acids is 1. The third-order valence-electron chi connectivity index (χ3n) is 5.36. The van der Waals surface area contributed by atoms with Gasteiger partial charge in [0.15, 0.2) is 5.60 Å². The first-order valence-corrected chi connectivity index (χ1v) is 8.75. The molecular formula is C17H19Cl2NO4. The fourth-order valence-corrected chi connectivity index (χ4v) is 3.84. The molecule has 5 nitrogen and oxygen atoms in total. The Labute approximate surface area is 150 Å². The van der Waals surface area contributed by atoms with Crippen molar-refractivity contribution in [3.05, 3.63) is 33.8 Å². The Hall–Kier alpha value is -1.30. The van der Waals surface area contributed by atoms with E-state index in [1.54, 1.807) is 17.0 Å². The van der Waals surface area contributed by atoms with Crippen LogP contribution in [0.3, 0.4) is 0 Å². The first-order valence-electron chi connectivity index (χ1n) is 7.99. The summed E-state index contributed by atoms with van der Waals surface area (Å²) in [5, 5.41) is 20.0. The molecule has 130 valence electrons. The average molecular weight is 372 g/mol. The van der Waals surface area contributed by atoms with Crippen LogP contribution in [0.4, 0.5) is 0 Å². The van der Waals surface area contributed by atoms with E-state index in [9.17, 15) is 14.7 Å². The number of amides is 1. The molecule has 0 bridgehead atoms. The molecule has 0 unspecified atom stereocenters. The lowest BCUT2D eigenvalue weighted by Crippen LogP contribution is -2.57. The van der Waals surface area contributed by atoms with Crippen molar-refractivity contribution in [1.82, 2.24) is 4.90 Å². The molecule has 1 aliphatic carbocycles. The number of hydrogen-bond acceptors (Lipinski definition) is 3. The van der Waals surface area contributed by atoms with Gasteiger partial charge in [-0.05, 0) is 30.5 Å². The van der Waals surface area contributed by atoms with Crippen LogP contribution >= 0.6 is 23.2 Å². The van der Waals surface area contributed by atoms with E-state index in [0.29, 0.717) is 10.0 Å². The van der Waals surface area contributed by atoms with Crippen molar-refractivity contribution in [3.8, 4) is 0 Å². The van der Waals surface area contributed by atoms with Crippen LogP contribution in [0.1, 0.15) is 37.7 Å². The predicted octanol–water partition coefficient (Wildman–Crippen LogP) is 2.85. The lowest BCUT2D eigenvalue weighted by atomic mass is 9.63. The number of carboxylic acid groups (broad SMARTS) is 1. The van der Waals surface area contributed by atoms with Crippen LogP contribution in [0.5, 0.6) is 0 Å². The molecule has 1 aromatic carbocycles. The van der Waals surface area contributed by atoms with E-state index in [0.717, 1.165) is 24.8 Å². The number of halogens is 2. The summed E-state index contributed by atoms with van der Waals surface area (Å²) in [5.74, 6) is -1.24. The third-order valence-corrected chi connectivity index (χ3v) is 6.10. The fraction of sp³-hybridized carbons (Fsp3) is 0.529. The van der Waals surface area contributed by atoms with Crippen molar-refractivity contribution in [2.24, 2.45) is 0 Å². The van der Waals surface area contributed by atoms with Crippen molar-refractivity contribution < 1.29 is 19.8 Å². The highest BCUT2D eigenvalue weighted by molar-refractivity contribution is 6.42. The van der Waals surface area contributed by atoms with E-state index in [4.69, 9.17) is 28.3 Å². The molecule has 1 saturated carbocycles. The van der Waals surface area contributed by atoms with E-state index in [2.05, 4.69) is 0 Å². The Kier molecular flexibility index (Phi) is 4.53. The summed E-state index contributed by atoms with van der Waals surface area (Å²) in [4.78, 5) is 25.9. The van der Waals surface area contributed by atoms with Gasteiger partial charge in [0, 0.05) is 25.9 Å². The molecule has 2 aliphatic rings. The molecule has 0 atom stereocenters. The Morgan fingerprint density at radius 2 is 1.67 bits per heavy atom. The second kappa shape index (κ2) is 6.21. The van der Waals surface area contributed by atoms with Gasteiger partial charge in [-0.2, -0.15) is 0 Å². The zero-order valence-corrected chi connectivity index (χ0v) is 14.6. The molecule has 2 N–H and O–H groups in total. The quantitative estimate of drug-likeness (QED) is 0.856. The van der Waals surface area contributed by atoms with Crippen LogP contribution in [0, 0.1) is 0 Å². The summed E-state index contributed by atoms with van der Waals surface area (Å²) >= 11 is 12.1. The first-order chi connectivity index (χ1) is 11.3. The molecule has 0 spiro atoms. The largest absolute Gasteiger partial charge is 0.479 e. The van der Waals surface area contributed by atoms with Crippen molar-refractivity contribution in [2.45, 2.75) is 43.1 Å². The zero-order valence-electron chi connectivity index (χ0n) is 13.1. The Balaban J connectivity index is 1.80. The van der Waals surface area contributed by atoms with Gasteiger partial charge in [-0.3, -0.25) is 4.79 Å². The van der Waals surface area contributed by atoms with E-state index < -0.39 is 17.0 Å². The Bertz CT molecular complexity index is 679. The van der Waals surface area contributed by atoms with Crippen molar-refractivity contribution >= 4 is 35.1 Å². The van der Waals surface area contributed by atoms with Gasteiger partial charge in [-0.15, -0.1) is 0 Å². The van der Waals surface area contributed by atoms with Gasteiger partial charge in [-0.25, -0.2) is 4.79 Å². The Morgan fingerprint density at radius 1 is 1.04 bits per heavy atom. The second-order valence-corrected chi connectivity index (χ2v) is 7.51. The van der Waals surface area contributed by atoms with Crippen LogP contribution < -0.4 is 0 Å². The molecule has 1 heterocycles. The molecule has 7 heteroatoms. The van der Waals surface area contributed by atoms with Gasteiger partial charge < -0.3 is 15.1 Å². The molecule has 1 aliphatic heterocycles. The predicted molar refractivity (Wildman–Crippen MR) is 90.4 cm³/mol. The number of aliphatic hydroxyl groups is 1. The second-order valence-electron chi connectivity index (χ2n) is 6.69. The smallest absolute Gasteiger partial charge is 0.335 e. The topological polar surface area (TPSA) is 77.8 Å². The average Bonchev–Trinajstić information content (AvgIpc) is 2.50. The van der Waals surface area contributed by atoms with Crippen molar-refractivity contribution in [2.75, 3.05) is 13.1 Å². The number of piperidine rings is 1. The fourth-order valence-electron chi connectivity index (χ4n) is 3.55. The van der Waals surface area contributed by atoms with Gasteiger partial charge in [-0.1, -0.05) is 35.7 Å². The molecular weight excluding hydrogens is 353 g/mol. The summed E-state index contributed by atoms with van der Waals surface area (Å²) in [5.41, 5.74) is -1.48. The van der Waals surface area contributed by atoms with E-state index in [1.165, 1.54) is 0 Å². The summed E-state index contributed by atoms with van der Waals surface area (Å²) < 4.78 is 0. The summed E-state index contributed by atoms with van der Waals surface area (Å²) in [6.45, 7) is 0.482. The number of carbonyl (C=O) groups excluding carboxylic acids is 1. The summed E-state index contributed by atoms with van der Waals surface area (Å²) in [6, 6.07) is 5.28. The summed E-state index contributed by atoms with van der Waals surface area (Å²) in [6.07, 6.45) is 2.53. The van der Waals surface area contributed by atoms with Crippen LogP contribution in [0.2, 0.25) is 10.0 Å². The lowest BCUT2D eigenvalue weighted by Gasteiger charge is -2.46. The monoisotopic (exact) mass is 371 g/mol. The van der Waals surface area contributed by atoms with Gasteiger partial charge in [0.25, 0.3) is 0 Å². The normalized spacial score (nSPS) is 21.9. The van der Waals surface area contributed by atoms with Gasteiger partial charge in [0.1, 0.15) is 0 Å². The lowest BCUT2D eigenvalue weighted by molar-refractivity contribution is -0.166. The third kappa shape index (κ3) is 2.79. The number of aliphatic carboxylic acids is 1. The van der Waals surface area contributed by atoms with E-state index in [-0.39, 0.29) is 31.8 Å². The zero-order chi connectivity index (χ0) is 17.5. The number of hydrogen-bond donors (Lipinski definition) is 2. The number of rotatable bonds is 3. The molecule has 1 saturated heterocycles. The highest BCUT2D eigenvalue weighted by Crippen LogP contribution is 2.47. The van der Waals surface area contributed by atoms with Crippen LogP contribution in [-0.4, -0.2) is 45.7 Å². The van der Waals surface area contributed by atoms with Gasteiger partial charge in [0.2, 0.25) is 5.91 Å². The molecule has 0 aromatic heterocycles. The maximum absolute atomic E-state index is 13.1. The van der Waals surface area contributed by atoms with E-state index in [1.807, 2.05) is 6.07 Å². The van der Waals surface area contributed by atoms with Gasteiger partial charge in [0.05, 0.1) is 15.5 Å². The minimum Gasteiger partial charge on any atom is -0.479 e. The Morgan fingerprint density at radius 3 is 2.12 bits per heavy atom. The minimum atomic E-state index is -1.73. The number of benzene rings is 1. The maximum Gasteiger partial charge on any atom is 0.335 e. The minimum absolute atomic E-state index is 0.0143. The SMILES string of the molecule is O=C(O)C1(O)CCN(C(=O)C2(c3ccc(Cl)c(Cl)c3)CCC2)CC1. The summed E-state index contributed by atoms with van der Waals surface area (Å²) in [7, 11) is 0. The van der Waals surface area contributed by atoms with Crippen molar-refractivity contribution in [1.29, 1.82) is 0 Å². The standard InChI is InChI=1S/C17H19Cl2NO4/c18-12-3-2-11(10-13(12)19)16(4-1-5-16)14(21)20-8-6-17(24,7-9-20)15(22)23/h2-3,10,24H,1,4-9H2,(H,22,23). The number of carbonyl (C=O) groups is 2. The molecule has 3 rings (SSSR count). The molecule has 0 radical (unpaired) electrons. The molecule has 1 aromatic rings. The highest BCUT2D eigenvalue weighted by atomic mass is 35.5. The first kappa shape index (κ1) is 17.5. The van der Waals surface area contributed by atoms with Crippen LogP contribution in [0.25, 0.3) is 0 Å². The van der Waals surface area contributed by atoms with E-state index >= 15 is 0 Å². The number of nitrogens with zero attached hydrogens (tertiary/aromatic N) is 1. The van der Waals surface area contributed by atoms with Crippen LogP contribution in [0.15, 0.2) is 18.2 Å².